The summed E-state index contributed by atoms with van der Waals surface area (Å²) in [6, 6.07) is 5.01. The third-order valence-electron chi connectivity index (χ3n) is 3.53. The van der Waals surface area contributed by atoms with Gasteiger partial charge in [-0.15, -0.1) is 0 Å². The minimum absolute atomic E-state index is 0.137. The molecular formula is C15H19ClFN3. The van der Waals surface area contributed by atoms with Crippen LogP contribution in [0.5, 0.6) is 0 Å². The third-order valence-corrected chi connectivity index (χ3v) is 4.03. The zero-order valence-electron chi connectivity index (χ0n) is 12.2. The molecule has 3 nitrogen and oxygen atoms in total. The SMILES string of the molecule is CNC(Cc1c(Cl)c(C)nn1C)c1cc(C)ccc1F. The Morgan fingerprint density at radius 3 is 2.65 bits per heavy atom. The Balaban J connectivity index is 2.36. The Morgan fingerprint density at radius 1 is 1.40 bits per heavy atom. The second kappa shape index (κ2) is 5.94. The normalized spacial score (nSPS) is 12.7. The number of aryl methyl sites for hydroxylation is 3. The van der Waals surface area contributed by atoms with Crippen molar-refractivity contribution in [2.45, 2.75) is 26.3 Å². The lowest BCUT2D eigenvalue weighted by atomic mass is 9.99. The van der Waals surface area contributed by atoms with E-state index >= 15 is 0 Å². The lowest BCUT2D eigenvalue weighted by Gasteiger charge is -2.18. The maximum Gasteiger partial charge on any atom is 0.128 e. The Bertz CT molecular complexity index is 622. The van der Waals surface area contributed by atoms with Crippen molar-refractivity contribution in [2.75, 3.05) is 7.05 Å². The van der Waals surface area contributed by atoms with Gasteiger partial charge in [0.15, 0.2) is 0 Å². The molecule has 2 rings (SSSR count). The highest BCUT2D eigenvalue weighted by atomic mass is 35.5. The number of nitrogens with zero attached hydrogens (tertiary/aromatic N) is 2. The monoisotopic (exact) mass is 295 g/mol. The maximum atomic E-state index is 14.0. The summed E-state index contributed by atoms with van der Waals surface area (Å²) in [5.41, 5.74) is 3.39. The molecule has 0 amide bonds. The van der Waals surface area contributed by atoms with E-state index < -0.39 is 0 Å². The summed E-state index contributed by atoms with van der Waals surface area (Å²) in [6.45, 7) is 3.82. The van der Waals surface area contributed by atoms with Crippen molar-refractivity contribution in [3.8, 4) is 0 Å². The molecule has 1 N–H and O–H groups in total. The molecule has 1 aromatic carbocycles. The molecule has 1 unspecified atom stereocenters. The van der Waals surface area contributed by atoms with Crippen molar-refractivity contribution in [1.82, 2.24) is 15.1 Å². The van der Waals surface area contributed by atoms with Crippen molar-refractivity contribution >= 4 is 11.6 Å². The van der Waals surface area contributed by atoms with Gasteiger partial charge in [0.2, 0.25) is 0 Å². The summed E-state index contributed by atoms with van der Waals surface area (Å²) in [6.07, 6.45) is 0.590. The minimum Gasteiger partial charge on any atom is -0.313 e. The first-order valence-electron chi connectivity index (χ1n) is 6.55. The van der Waals surface area contributed by atoms with E-state index in [9.17, 15) is 4.39 Å². The van der Waals surface area contributed by atoms with Gasteiger partial charge in [-0.2, -0.15) is 5.10 Å². The molecule has 1 atom stereocenters. The molecule has 0 bridgehead atoms. The van der Waals surface area contributed by atoms with Crippen LogP contribution in [0.3, 0.4) is 0 Å². The number of nitrogens with one attached hydrogen (secondary N) is 1. The standard InChI is InChI=1S/C15H19ClFN3/c1-9-5-6-12(17)11(7-9)13(18-3)8-14-15(16)10(2)19-20(14)4/h5-7,13,18H,8H2,1-4H3. The molecule has 0 spiro atoms. The Morgan fingerprint density at radius 2 is 2.10 bits per heavy atom. The van der Waals surface area contributed by atoms with Crippen LogP contribution in [0.15, 0.2) is 18.2 Å². The molecule has 0 fully saturated rings. The molecule has 0 saturated heterocycles. The predicted molar refractivity (Wildman–Crippen MR) is 79.6 cm³/mol. The van der Waals surface area contributed by atoms with E-state index in [1.165, 1.54) is 6.07 Å². The molecular weight excluding hydrogens is 277 g/mol. The minimum atomic E-state index is -0.204. The summed E-state index contributed by atoms with van der Waals surface area (Å²) in [5, 5.41) is 8.11. The molecule has 1 heterocycles. The van der Waals surface area contributed by atoms with Crippen molar-refractivity contribution in [1.29, 1.82) is 0 Å². The van der Waals surface area contributed by atoms with Gasteiger partial charge >= 0.3 is 0 Å². The van der Waals surface area contributed by atoms with Gasteiger partial charge in [-0.1, -0.05) is 29.3 Å². The number of hydrogen-bond acceptors (Lipinski definition) is 2. The second-order valence-electron chi connectivity index (χ2n) is 5.04. The average Bonchev–Trinajstić information content (AvgIpc) is 2.65. The average molecular weight is 296 g/mol. The second-order valence-corrected chi connectivity index (χ2v) is 5.42. The van der Waals surface area contributed by atoms with Gasteiger partial charge in [0.25, 0.3) is 0 Å². The smallest absolute Gasteiger partial charge is 0.128 e. The first-order chi connectivity index (χ1) is 9.43. The van der Waals surface area contributed by atoms with Crippen LogP contribution in [-0.4, -0.2) is 16.8 Å². The van der Waals surface area contributed by atoms with Gasteiger partial charge in [-0.25, -0.2) is 4.39 Å². The van der Waals surface area contributed by atoms with Crippen molar-refractivity contribution in [3.05, 3.63) is 51.6 Å². The number of likely N-dealkylation sites (N-methyl/N-ethyl adjacent to an activating group) is 1. The van der Waals surface area contributed by atoms with Crippen LogP contribution < -0.4 is 5.32 Å². The fourth-order valence-electron chi connectivity index (χ4n) is 2.39. The lowest BCUT2D eigenvalue weighted by molar-refractivity contribution is 0.519. The van der Waals surface area contributed by atoms with Crippen LogP contribution in [0.2, 0.25) is 5.02 Å². The fraction of sp³-hybridized carbons (Fsp3) is 0.400. The van der Waals surface area contributed by atoms with Gasteiger partial charge in [0.05, 0.1) is 16.4 Å². The molecule has 0 aliphatic heterocycles. The Kier molecular flexibility index (Phi) is 4.45. The molecule has 20 heavy (non-hydrogen) atoms. The van der Waals surface area contributed by atoms with E-state index in [0.717, 1.165) is 17.0 Å². The van der Waals surface area contributed by atoms with E-state index in [2.05, 4.69) is 10.4 Å². The maximum absolute atomic E-state index is 14.0. The molecule has 5 heteroatoms. The molecule has 0 radical (unpaired) electrons. The van der Waals surface area contributed by atoms with Gasteiger partial charge in [-0.3, -0.25) is 4.68 Å². The third kappa shape index (κ3) is 2.86. The Labute approximate surface area is 123 Å². The molecule has 0 saturated carbocycles. The molecule has 1 aromatic heterocycles. The zero-order chi connectivity index (χ0) is 14.9. The first kappa shape index (κ1) is 15.0. The van der Waals surface area contributed by atoms with Crippen LogP contribution in [0.25, 0.3) is 0 Å². The number of benzene rings is 1. The summed E-state index contributed by atoms with van der Waals surface area (Å²) < 4.78 is 15.8. The van der Waals surface area contributed by atoms with Gasteiger partial charge in [-0.05, 0) is 27.0 Å². The van der Waals surface area contributed by atoms with Crippen LogP contribution in [0, 0.1) is 19.7 Å². The molecule has 108 valence electrons. The van der Waals surface area contributed by atoms with Crippen LogP contribution >= 0.6 is 11.6 Å². The number of rotatable bonds is 4. The number of hydrogen-bond donors (Lipinski definition) is 1. The highest BCUT2D eigenvalue weighted by molar-refractivity contribution is 6.31. The first-order valence-corrected chi connectivity index (χ1v) is 6.93. The van der Waals surface area contributed by atoms with E-state index in [0.29, 0.717) is 17.0 Å². The van der Waals surface area contributed by atoms with Gasteiger partial charge in [0.1, 0.15) is 5.82 Å². The lowest BCUT2D eigenvalue weighted by Crippen LogP contribution is -2.21. The van der Waals surface area contributed by atoms with Crippen molar-refractivity contribution in [3.63, 3.8) is 0 Å². The highest BCUT2D eigenvalue weighted by Crippen LogP contribution is 2.27. The summed E-state index contributed by atoms with van der Waals surface area (Å²) in [7, 11) is 3.68. The summed E-state index contributed by atoms with van der Waals surface area (Å²) in [4.78, 5) is 0. The predicted octanol–water partition coefficient (Wildman–Crippen LogP) is 3.33. The highest BCUT2D eigenvalue weighted by Gasteiger charge is 2.19. The summed E-state index contributed by atoms with van der Waals surface area (Å²) >= 11 is 6.27. The van der Waals surface area contributed by atoms with Crippen LogP contribution in [0.1, 0.15) is 28.6 Å². The number of aromatic nitrogens is 2. The largest absolute Gasteiger partial charge is 0.313 e. The topological polar surface area (TPSA) is 29.9 Å². The quantitative estimate of drug-likeness (QED) is 0.937. The number of halogens is 2. The van der Waals surface area contributed by atoms with E-state index in [4.69, 9.17) is 11.6 Å². The molecule has 2 aromatic rings. The molecule has 0 aliphatic carbocycles. The summed E-state index contributed by atoms with van der Waals surface area (Å²) in [5.74, 6) is -0.204. The van der Waals surface area contributed by atoms with Crippen molar-refractivity contribution < 1.29 is 4.39 Å². The van der Waals surface area contributed by atoms with E-state index in [1.807, 2.05) is 34.0 Å². The fourth-order valence-corrected chi connectivity index (χ4v) is 2.63. The van der Waals surface area contributed by atoms with Crippen LogP contribution in [-0.2, 0) is 13.5 Å². The molecule has 0 aliphatic rings. The van der Waals surface area contributed by atoms with Crippen LogP contribution in [0.4, 0.5) is 4.39 Å². The zero-order valence-corrected chi connectivity index (χ0v) is 12.9. The van der Waals surface area contributed by atoms with E-state index in [1.54, 1.807) is 10.7 Å². The van der Waals surface area contributed by atoms with Gasteiger partial charge in [0, 0.05) is 25.1 Å². The Hall–Kier alpha value is -1.39. The van der Waals surface area contributed by atoms with Gasteiger partial charge < -0.3 is 5.32 Å². The van der Waals surface area contributed by atoms with E-state index in [-0.39, 0.29) is 11.9 Å². The van der Waals surface area contributed by atoms with Crippen molar-refractivity contribution in [2.24, 2.45) is 7.05 Å².